The number of methoxy groups -OCH3 is 1. The molecular formula is C17H24IN3O3. The lowest BCUT2D eigenvalue weighted by atomic mass is 10.1. The maximum absolute atomic E-state index is 11.4. The van der Waals surface area contributed by atoms with Crippen molar-refractivity contribution in [3.63, 3.8) is 0 Å². The first kappa shape index (κ1) is 20.3. The van der Waals surface area contributed by atoms with Gasteiger partial charge in [0.05, 0.1) is 19.6 Å². The van der Waals surface area contributed by atoms with Crippen LogP contribution in [0.15, 0.2) is 33.7 Å². The summed E-state index contributed by atoms with van der Waals surface area (Å²) in [6.45, 7) is 4.81. The van der Waals surface area contributed by atoms with Gasteiger partial charge in [-0.1, -0.05) is 25.1 Å². The van der Waals surface area contributed by atoms with Gasteiger partial charge < -0.3 is 19.8 Å². The number of halogens is 1. The van der Waals surface area contributed by atoms with Gasteiger partial charge in [0.1, 0.15) is 11.3 Å². The molecule has 1 aromatic heterocycles. The number of nitrogens with zero attached hydrogens (tertiary/aromatic N) is 1. The molecule has 7 heteroatoms. The molecular weight excluding hydrogens is 421 g/mol. The summed E-state index contributed by atoms with van der Waals surface area (Å²) in [5.41, 5.74) is 2.00. The fourth-order valence-corrected chi connectivity index (χ4v) is 2.31. The smallest absolute Gasteiger partial charge is 0.310 e. The summed E-state index contributed by atoms with van der Waals surface area (Å²) in [5.74, 6) is 0.989. The average molecular weight is 445 g/mol. The molecule has 0 amide bonds. The van der Waals surface area contributed by atoms with Crippen LogP contribution in [0.2, 0.25) is 0 Å². The Hall–Kier alpha value is -1.77. The molecule has 1 aromatic carbocycles. The van der Waals surface area contributed by atoms with Crippen molar-refractivity contribution in [1.29, 1.82) is 0 Å². The summed E-state index contributed by atoms with van der Waals surface area (Å²) in [5, 5.41) is 7.41. The molecule has 1 unspecified atom stereocenters. The van der Waals surface area contributed by atoms with Crippen LogP contribution < -0.4 is 10.6 Å². The summed E-state index contributed by atoms with van der Waals surface area (Å²) in [7, 11) is 3.07. The molecule has 0 aliphatic rings. The van der Waals surface area contributed by atoms with Crippen molar-refractivity contribution in [1.82, 2.24) is 10.6 Å². The van der Waals surface area contributed by atoms with E-state index >= 15 is 0 Å². The fourth-order valence-electron chi connectivity index (χ4n) is 2.31. The molecule has 0 saturated heterocycles. The quantitative estimate of drug-likeness (QED) is 0.321. The second kappa shape index (κ2) is 9.51. The number of furan rings is 1. The molecule has 0 radical (unpaired) electrons. The van der Waals surface area contributed by atoms with Gasteiger partial charge in [-0.15, -0.1) is 24.0 Å². The molecule has 1 heterocycles. The first-order valence-electron chi connectivity index (χ1n) is 7.56. The number of guanidine groups is 1. The standard InChI is InChI=1S/C17H23N3O3.HI/c1-11(16(21)22-4)9-19-17(18-3)20-10-15-12(2)13-7-5-6-8-14(13)23-15;/h5-8,11H,9-10H2,1-4H3,(H2,18,19,20);1H. The predicted octanol–water partition coefficient (Wildman–Crippen LogP) is 2.83. The van der Waals surface area contributed by atoms with E-state index in [-0.39, 0.29) is 35.9 Å². The van der Waals surface area contributed by atoms with Crippen LogP contribution in [-0.4, -0.2) is 32.6 Å². The van der Waals surface area contributed by atoms with Crippen molar-refractivity contribution in [3.05, 3.63) is 35.6 Å². The van der Waals surface area contributed by atoms with E-state index in [1.165, 1.54) is 7.11 Å². The van der Waals surface area contributed by atoms with Gasteiger partial charge >= 0.3 is 5.97 Å². The minimum atomic E-state index is -0.249. The lowest BCUT2D eigenvalue weighted by Gasteiger charge is -2.14. The van der Waals surface area contributed by atoms with Crippen molar-refractivity contribution in [2.45, 2.75) is 20.4 Å². The Morgan fingerprint density at radius 1 is 1.33 bits per heavy atom. The zero-order valence-electron chi connectivity index (χ0n) is 14.4. The van der Waals surface area contributed by atoms with Crippen LogP contribution in [0.4, 0.5) is 0 Å². The minimum absolute atomic E-state index is 0. The van der Waals surface area contributed by atoms with E-state index in [0.29, 0.717) is 19.0 Å². The van der Waals surface area contributed by atoms with Gasteiger partial charge in [-0.05, 0) is 13.0 Å². The summed E-state index contributed by atoms with van der Waals surface area (Å²) < 4.78 is 10.6. The largest absolute Gasteiger partial charge is 0.469 e. The summed E-state index contributed by atoms with van der Waals surface area (Å²) in [6.07, 6.45) is 0. The van der Waals surface area contributed by atoms with E-state index in [4.69, 9.17) is 9.15 Å². The highest BCUT2D eigenvalue weighted by atomic mass is 127. The molecule has 0 fully saturated rings. The number of rotatable bonds is 5. The van der Waals surface area contributed by atoms with Crippen LogP contribution in [0.5, 0.6) is 0 Å². The number of hydrogen-bond acceptors (Lipinski definition) is 4. The molecule has 6 nitrogen and oxygen atoms in total. The molecule has 0 saturated carbocycles. The molecule has 0 aliphatic carbocycles. The molecule has 0 bridgehead atoms. The lowest BCUT2D eigenvalue weighted by molar-refractivity contribution is -0.144. The highest BCUT2D eigenvalue weighted by molar-refractivity contribution is 14.0. The Labute approximate surface area is 159 Å². The molecule has 0 spiro atoms. The molecule has 132 valence electrons. The van der Waals surface area contributed by atoms with Gasteiger partial charge in [-0.25, -0.2) is 0 Å². The highest BCUT2D eigenvalue weighted by Crippen LogP contribution is 2.24. The topological polar surface area (TPSA) is 75.9 Å². The van der Waals surface area contributed by atoms with Crippen LogP contribution in [0.3, 0.4) is 0 Å². The number of nitrogens with one attached hydrogen (secondary N) is 2. The maximum Gasteiger partial charge on any atom is 0.310 e. The van der Waals surface area contributed by atoms with E-state index in [1.54, 1.807) is 14.0 Å². The lowest BCUT2D eigenvalue weighted by Crippen LogP contribution is -2.40. The van der Waals surface area contributed by atoms with Crippen LogP contribution in [0, 0.1) is 12.8 Å². The number of aryl methyl sites for hydroxylation is 1. The van der Waals surface area contributed by atoms with Gasteiger partial charge in [-0.3, -0.25) is 9.79 Å². The number of hydrogen-bond donors (Lipinski definition) is 2. The van der Waals surface area contributed by atoms with E-state index in [2.05, 4.69) is 15.6 Å². The van der Waals surface area contributed by atoms with Crippen LogP contribution in [0.1, 0.15) is 18.2 Å². The first-order chi connectivity index (χ1) is 11.1. The van der Waals surface area contributed by atoms with Crippen LogP contribution >= 0.6 is 24.0 Å². The number of aliphatic imine (C=N–C) groups is 1. The van der Waals surface area contributed by atoms with Gasteiger partial charge in [-0.2, -0.15) is 0 Å². The van der Waals surface area contributed by atoms with E-state index in [1.807, 2.05) is 31.2 Å². The SMILES string of the molecule is CN=C(NCc1oc2ccccc2c1C)NCC(C)C(=O)OC.I. The molecule has 2 aromatic rings. The second-order valence-corrected chi connectivity index (χ2v) is 5.38. The van der Waals surface area contributed by atoms with Crippen molar-refractivity contribution in [2.75, 3.05) is 20.7 Å². The fraction of sp³-hybridized carbons (Fsp3) is 0.412. The van der Waals surface area contributed by atoms with Gasteiger partial charge in [0.25, 0.3) is 0 Å². The predicted molar refractivity (Wildman–Crippen MR) is 106 cm³/mol. The molecule has 24 heavy (non-hydrogen) atoms. The Bertz CT molecular complexity index is 712. The van der Waals surface area contributed by atoms with Crippen LogP contribution in [0.25, 0.3) is 11.0 Å². The minimum Gasteiger partial charge on any atom is -0.469 e. The number of benzene rings is 1. The zero-order chi connectivity index (χ0) is 16.8. The normalized spacial score (nSPS) is 12.4. The van der Waals surface area contributed by atoms with Gasteiger partial charge in [0, 0.05) is 24.5 Å². The number of para-hydroxylation sites is 1. The van der Waals surface area contributed by atoms with E-state index in [9.17, 15) is 4.79 Å². The van der Waals surface area contributed by atoms with E-state index < -0.39 is 0 Å². The second-order valence-electron chi connectivity index (χ2n) is 5.38. The molecule has 0 aliphatic heterocycles. The molecule has 2 N–H and O–H groups in total. The Morgan fingerprint density at radius 3 is 2.67 bits per heavy atom. The van der Waals surface area contributed by atoms with Crippen LogP contribution in [-0.2, 0) is 16.1 Å². The third-order valence-corrected chi connectivity index (χ3v) is 3.76. The third-order valence-electron chi connectivity index (χ3n) is 3.76. The third kappa shape index (κ3) is 4.86. The zero-order valence-corrected chi connectivity index (χ0v) is 16.7. The van der Waals surface area contributed by atoms with Crippen molar-refractivity contribution >= 4 is 46.9 Å². The monoisotopic (exact) mass is 445 g/mol. The van der Waals surface area contributed by atoms with Crippen molar-refractivity contribution in [2.24, 2.45) is 10.9 Å². The highest BCUT2D eigenvalue weighted by Gasteiger charge is 2.14. The number of carbonyl (C=O) groups excluding carboxylic acids is 1. The molecule has 1 atom stereocenters. The summed E-state index contributed by atoms with van der Waals surface area (Å²) in [4.78, 5) is 15.5. The average Bonchev–Trinajstić information content (AvgIpc) is 2.90. The van der Waals surface area contributed by atoms with E-state index in [0.717, 1.165) is 22.3 Å². The summed E-state index contributed by atoms with van der Waals surface area (Å²) in [6, 6.07) is 7.95. The Balaban J connectivity index is 0.00000288. The Kier molecular flexibility index (Phi) is 8.03. The number of ether oxygens (including phenoxy) is 1. The number of fused-ring (bicyclic) bond motifs is 1. The maximum atomic E-state index is 11.4. The molecule has 2 rings (SSSR count). The van der Waals surface area contributed by atoms with Gasteiger partial charge in [0.15, 0.2) is 5.96 Å². The first-order valence-corrected chi connectivity index (χ1v) is 7.56. The number of esters is 1. The Morgan fingerprint density at radius 2 is 2.04 bits per heavy atom. The summed E-state index contributed by atoms with van der Waals surface area (Å²) >= 11 is 0. The van der Waals surface area contributed by atoms with Crippen molar-refractivity contribution < 1.29 is 13.9 Å². The number of carbonyl (C=O) groups is 1. The van der Waals surface area contributed by atoms with Gasteiger partial charge in [0.2, 0.25) is 0 Å². The van der Waals surface area contributed by atoms with Crippen molar-refractivity contribution in [3.8, 4) is 0 Å².